The van der Waals surface area contributed by atoms with Gasteiger partial charge < -0.3 is 10.1 Å². The zero-order valence-corrected chi connectivity index (χ0v) is 11.1. The summed E-state index contributed by atoms with van der Waals surface area (Å²) in [7, 11) is 0. The van der Waals surface area contributed by atoms with E-state index in [1.54, 1.807) is 42.5 Å². The standard InChI is InChI=1S/C16H15NO3/c1-2-20-15-6-4-3-5-14(15)16(19)17-13-9-7-12(11-18)8-10-13/h3-11H,2H2,1H3,(H,17,19). The molecule has 102 valence electrons. The minimum absolute atomic E-state index is 0.243. The van der Waals surface area contributed by atoms with Crippen LogP contribution in [0.15, 0.2) is 48.5 Å². The van der Waals surface area contributed by atoms with Crippen molar-refractivity contribution in [1.82, 2.24) is 0 Å². The Hall–Kier alpha value is -2.62. The molecule has 20 heavy (non-hydrogen) atoms. The summed E-state index contributed by atoms with van der Waals surface area (Å²) in [4.78, 5) is 22.8. The normalized spacial score (nSPS) is 9.85. The molecule has 0 fully saturated rings. The molecule has 1 N–H and O–H groups in total. The SMILES string of the molecule is CCOc1ccccc1C(=O)Nc1ccc(C=O)cc1. The number of para-hydroxylation sites is 1. The Morgan fingerprint density at radius 1 is 1.15 bits per heavy atom. The van der Waals surface area contributed by atoms with Crippen LogP contribution in [0.3, 0.4) is 0 Å². The smallest absolute Gasteiger partial charge is 0.259 e. The number of carbonyl (C=O) groups is 2. The Labute approximate surface area is 117 Å². The molecule has 0 radical (unpaired) electrons. The van der Waals surface area contributed by atoms with Crippen molar-refractivity contribution in [3.63, 3.8) is 0 Å². The highest BCUT2D eigenvalue weighted by molar-refractivity contribution is 6.06. The van der Waals surface area contributed by atoms with Gasteiger partial charge in [0.1, 0.15) is 12.0 Å². The number of nitrogens with one attached hydrogen (secondary N) is 1. The van der Waals surface area contributed by atoms with Crippen LogP contribution in [0, 0.1) is 0 Å². The van der Waals surface area contributed by atoms with Gasteiger partial charge in [0, 0.05) is 11.3 Å². The van der Waals surface area contributed by atoms with Crippen molar-refractivity contribution < 1.29 is 14.3 Å². The number of hydrogen-bond acceptors (Lipinski definition) is 3. The van der Waals surface area contributed by atoms with Gasteiger partial charge in [-0.25, -0.2) is 0 Å². The summed E-state index contributed by atoms with van der Waals surface area (Å²) in [6.07, 6.45) is 0.760. The molecule has 0 bridgehead atoms. The second-order valence-electron chi connectivity index (χ2n) is 4.12. The predicted octanol–water partition coefficient (Wildman–Crippen LogP) is 3.15. The van der Waals surface area contributed by atoms with Crippen LogP contribution in [0.5, 0.6) is 5.75 Å². The third kappa shape index (κ3) is 3.23. The summed E-state index contributed by atoms with van der Waals surface area (Å²) in [5.41, 5.74) is 1.68. The quantitative estimate of drug-likeness (QED) is 0.848. The minimum Gasteiger partial charge on any atom is -0.493 e. The number of anilines is 1. The number of carbonyl (C=O) groups excluding carboxylic acids is 2. The molecule has 2 aromatic rings. The predicted molar refractivity (Wildman–Crippen MR) is 77.4 cm³/mol. The molecule has 4 nitrogen and oxygen atoms in total. The fourth-order valence-corrected chi connectivity index (χ4v) is 1.78. The van der Waals surface area contributed by atoms with E-state index in [1.807, 2.05) is 13.0 Å². The molecule has 0 atom stereocenters. The van der Waals surface area contributed by atoms with Gasteiger partial charge in [0.15, 0.2) is 0 Å². The van der Waals surface area contributed by atoms with E-state index in [2.05, 4.69) is 5.32 Å². The van der Waals surface area contributed by atoms with Gasteiger partial charge in [0.25, 0.3) is 5.91 Å². The van der Waals surface area contributed by atoms with Gasteiger partial charge in [-0.2, -0.15) is 0 Å². The van der Waals surface area contributed by atoms with E-state index in [1.165, 1.54) is 0 Å². The molecule has 1 amide bonds. The molecule has 0 saturated heterocycles. The van der Waals surface area contributed by atoms with Crippen LogP contribution < -0.4 is 10.1 Å². The summed E-state index contributed by atoms with van der Waals surface area (Å²) in [5, 5.41) is 2.77. The van der Waals surface area contributed by atoms with Gasteiger partial charge in [0.05, 0.1) is 12.2 Å². The monoisotopic (exact) mass is 269 g/mol. The molecule has 0 saturated carbocycles. The summed E-state index contributed by atoms with van der Waals surface area (Å²) in [6.45, 7) is 2.37. The average molecular weight is 269 g/mol. The van der Waals surface area contributed by atoms with Crippen molar-refractivity contribution in [1.29, 1.82) is 0 Å². The fraction of sp³-hybridized carbons (Fsp3) is 0.125. The van der Waals surface area contributed by atoms with Crippen molar-refractivity contribution in [2.75, 3.05) is 11.9 Å². The van der Waals surface area contributed by atoms with E-state index in [-0.39, 0.29) is 5.91 Å². The maximum Gasteiger partial charge on any atom is 0.259 e. The van der Waals surface area contributed by atoms with Gasteiger partial charge in [-0.3, -0.25) is 9.59 Å². The Morgan fingerprint density at radius 3 is 2.50 bits per heavy atom. The molecule has 4 heteroatoms. The van der Waals surface area contributed by atoms with E-state index in [0.29, 0.717) is 29.2 Å². The Kier molecular flexibility index (Phi) is 4.50. The highest BCUT2D eigenvalue weighted by Crippen LogP contribution is 2.19. The molecule has 0 aromatic heterocycles. The number of aldehydes is 1. The van der Waals surface area contributed by atoms with Crippen molar-refractivity contribution >= 4 is 17.9 Å². The van der Waals surface area contributed by atoms with Crippen molar-refractivity contribution in [2.24, 2.45) is 0 Å². The first kappa shape index (κ1) is 13.8. The summed E-state index contributed by atoms with van der Waals surface area (Å²) < 4.78 is 5.43. The maximum atomic E-state index is 12.2. The topological polar surface area (TPSA) is 55.4 Å². The number of amides is 1. The molecular formula is C16H15NO3. The van der Waals surface area contributed by atoms with Crippen LogP contribution in [0.4, 0.5) is 5.69 Å². The van der Waals surface area contributed by atoms with Crippen molar-refractivity contribution in [2.45, 2.75) is 6.92 Å². The lowest BCUT2D eigenvalue weighted by Gasteiger charge is -2.10. The minimum atomic E-state index is -0.243. The molecule has 2 aromatic carbocycles. The van der Waals surface area contributed by atoms with Crippen LogP contribution in [-0.4, -0.2) is 18.8 Å². The second kappa shape index (κ2) is 6.52. The molecule has 0 unspecified atom stereocenters. The van der Waals surface area contributed by atoms with Gasteiger partial charge in [-0.1, -0.05) is 12.1 Å². The van der Waals surface area contributed by atoms with E-state index in [0.717, 1.165) is 6.29 Å². The first-order valence-electron chi connectivity index (χ1n) is 6.33. The number of ether oxygens (including phenoxy) is 1. The van der Waals surface area contributed by atoms with E-state index >= 15 is 0 Å². The molecule has 0 aliphatic carbocycles. The zero-order chi connectivity index (χ0) is 14.4. The van der Waals surface area contributed by atoms with E-state index < -0.39 is 0 Å². The van der Waals surface area contributed by atoms with Crippen molar-refractivity contribution in [3.8, 4) is 5.75 Å². The third-order valence-electron chi connectivity index (χ3n) is 2.74. The van der Waals surface area contributed by atoms with Crippen LogP contribution in [0.2, 0.25) is 0 Å². The lowest BCUT2D eigenvalue weighted by molar-refractivity contribution is 0.102. The summed E-state index contributed by atoms with van der Waals surface area (Å²) in [6, 6.07) is 13.7. The maximum absolute atomic E-state index is 12.2. The molecule has 0 aliphatic rings. The second-order valence-corrected chi connectivity index (χ2v) is 4.12. The lowest BCUT2D eigenvalue weighted by Crippen LogP contribution is -2.13. The zero-order valence-electron chi connectivity index (χ0n) is 11.1. The average Bonchev–Trinajstić information content (AvgIpc) is 2.49. The molecule has 0 heterocycles. The van der Waals surface area contributed by atoms with Gasteiger partial charge in [-0.05, 0) is 43.3 Å². The van der Waals surface area contributed by atoms with Crippen LogP contribution in [-0.2, 0) is 0 Å². The molecule has 0 aliphatic heterocycles. The fourth-order valence-electron chi connectivity index (χ4n) is 1.78. The van der Waals surface area contributed by atoms with Gasteiger partial charge in [0.2, 0.25) is 0 Å². The lowest BCUT2D eigenvalue weighted by atomic mass is 10.1. The van der Waals surface area contributed by atoms with Crippen LogP contribution in [0.1, 0.15) is 27.6 Å². The highest BCUT2D eigenvalue weighted by Gasteiger charge is 2.11. The Morgan fingerprint density at radius 2 is 1.85 bits per heavy atom. The molecular weight excluding hydrogens is 254 g/mol. The van der Waals surface area contributed by atoms with Crippen LogP contribution in [0.25, 0.3) is 0 Å². The first-order valence-corrected chi connectivity index (χ1v) is 6.33. The first-order chi connectivity index (χ1) is 9.74. The van der Waals surface area contributed by atoms with Crippen molar-refractivity contribution in [3.05, 3.63) is 59.7 Å². The van der Waals surface area contributed by atoms with Gasteiger partial charge in [-0.15, -0.1) is 0 Å². The van der Waals surface area contributed by atoms with Gasteiger partial charge >= 0.3 is 0 Å². The number of benzene rings is 2. The number of rotatable bonds is 5. The number of hydrogen-bond donors (Lipinski definition) is 1. The van der Waals surface area contributed by atoms with E-state index in [9.17, 15) is 9.59 Å². The summed E-state index contributed by atoms with van der Waals surface area (Å²) in [5.74, 6) is 0.310. The highest BCUT2D eigenvalue weighted by atomic mass is 16.5. The molecule has 2 rings (SSSR count). The largest absolute Gasteiger partial charge is 0.493 e. The van der Waals surface area contributed by atoms with Crippen LogP contribution >= 0.6 is 0 Å². The Bertz CT molecular complexity index is 605. The third-order valence-corrected chi connectivity index (χ3v) is 2.74. The Balaban J connectivity index is 2.16. The molecule has 0 spiro atoms. The summed E-state index contributed by atoms with van der Waals surface area (Å²) >= 11 is 0. The van der Waals surface area contributed by atoms with E-state index in [4.69, 9.17) is 4.74 Å².